The molecule has 0 spiro atoms. The molecule has 122 valence electrons. The minimum Gasteiger partial charge on any atom is -0.345 e. The van der Waals surface area contributed by atoms with Crippen molar-refractivity contribution in [3.8, 4) is 0 Å². The van der Waals surface area contributed by atoms with Gasteiger partial charge in [-0.15, -0.1) is 5.10 Å². The number of nitrogens with one attached hydrogen (secondary N) is 1. The number of carbonyl (C=O) groups excluding carboxylic acids is 1. The molecular formula is C19H20N4O. The lowest BCUT2D eigenvalue weighted by Gasteiger charge is -2.26. The van der Waals surface area contributed by atoms with Crippen molar-refractivity contribution in [2.45, 2.75) is 38.8 Å². The highest BCUT2D eigenvalue weighted by atomic mass is 16.1. The van der Waals surface area contributed by atoms with Crippen LogP contribution in [0.2, 0.25) is 0 Å². The highest BCUT2D eigenvalue weighted by Crippen LogP contribution is 2.29. The smallest absolute Gasteiger partial charge is 0.251 e. The van der Waals surface area contributed by atoms with E-state index in [2.05, 4.69) is 33.8 Å². The molecule has 0 fully saturated rings. The number of aryl methyl sites for hydroxylation is 2. The van der Waals surface area contributed by atoms with Gasteiger partial charge in [0.05, 0.1) is 11.6 Å². The first kappa shape index (κ1) is 14.9. The molecule has 2 aromatic carbocycles. The largest absolute Gasteiger partial charge is 0.345 e. The van der Waals surface area contributed by atoms with Gasteiger partial charge >= 0.3 is 0 Å². The molecule has 0 aliphatic heterocycles. The molecule has 0 saturated carbocycles. The molecule has 3 aromatic rings. The van der Waals surface area contributed by atoms with Crippen molar-refractivity contribution < 1.29 is 4.79 Å². The second kappa shape index (κ2) is 6.07. The summed E-state index contributed by atoms with van der Waals surface area (Å²) in [5, 5.41) is 11.4. The van der Waals surface area contributed by atoms with Gasteiger partial charge in [0.1, 0.15) is 5.52 Å². The van der Waals surface area contributed by atoms with Gasteiger partial charge < -0.3 is 5.32 Å². The van der Waals surface area contributed by atoms with Gasteiger partial charge in [-0.25, -0.2) is 4.68 Å². The first-order valence-electron chi connectivity index (χ1n) is 8.48. The Kier molecular flexibility index (Phi) is 3.76. The van der Waals surface area contributed by atoms with Gasteiger partial charge in [-0.05, 0) is 55.5 Å². The zero-order valence-electron chi connectivity index (χ0n) is 13.7. The highest BCUT2D eigenvalue weighted by molar-refractivity contribution is 5.97. The molecule has 1 amide bonds. The van der Waals surface area contributed by atoms with Crippen LogP contribution in [0.5, 0.6) is 0 Å². The first-order chi connectivity index (χ1) is 11.8. The lowest BCUT2D eigenvalue weighted by molar-refractivity contribution is 0.0933. The maximum absolute atomic E-state index is 12.7. The summed E-state index contributed by atoms with van der Waals surface area (Å²) < 4.78 is 1.83. The van der Waals surface area contributed by atoms with Gasteiger partial charge in [-0.1, -0.05) is 29.5 Å². The van der Waals surface area contributed by atoms with Crippen molar-refractivity contribution in [3.05, 3.63) is 59.2 Å². The Morgan fingerprint density at radius 3 is 3.04 bits per heavy atom. The highest BCUT2D eigenvalue weighted by Gasteiger charge is 2.22. The molecule has 1 aliphatic rings. The minimum absolute atomic E-state index is 0.0512. The number of benzene rings is 2. The second-order valence-corrected chi connectivity index (χ2v) is 6.23. The summed E-state index contributed by atoms with van der Waals surface area (Å²) in [6.07, 6.45) is 3.18. The Labute approximate surface area is 140 Å². The third kappa shape index (κ3) is 2.56. The summed E-state index contributed by atoms with van der Waals surface area (Å²) in [4.78, 5) is 12.7. The van der Waals surface area contributed by atoms with E-state index in [1.165, 1.54) is 11.1 Å². The zero-order valence-corrected chi connectivity index (χ0v) is 13.7. The average molecular weight is 320 g/mol. The van der Waals surface area contributed by atoms with E-state index in [9.17, 15) is 4.79 Å². The monoisotopic (exact) mass is 320 g/mol. The normalized spacial score (nSPS) is 16.8. The van der Waals surface area contributed by atoms with Gasteiger partial charge in [-0.3, -0.25) is 4.79 Å². The third-order valence-corrected chi connectivity index (χ3v) is 4.75. The Balaban J connectivity index is 1.59. The predicted octanol–water partition coefficient (Wildman–Crippen LogP) is 3.26. The quantitative estimate of drug-likeness (QED) is 0.806. The van der Waals surface area contributed by atoms with Gasteiger partial charge in [0, 0.05) is 12.1 Å². The maximum atomic E-state index is 12.7. The molecule has 5 heteroatoms. The third-order valence-electron chi connectivity index (χ3n) is 4.75. The molecule has 0 saturated heterocycles. The van der Waals surface area contributed by atoms with Gasteiger partial charge in [-0.2, -0.15) is 0 Å². The van der Waals surface area contributed by atoms with Crippen LogP contribution < -0.4 is 5.32 Å². The van der Waals surface area contributed by atoms with E-state index in [1.807, 2.05) is 35.9 Å². The van der Waals surface area contributed by atoms with Crippen LogP contribution in [0.25, 0.3) is 11.0 Å². The number of aromatic nitrogens is 3. The number of rotatable bonds is 3. The van der Waals surface area contributed by atoms with Crippen LogP contribution in [-0.2, 0) is 13.0 Å². The van der Waals surface area contributed by atoms with E-state index < -0.39 is 0 Å². The van der Waals surface area contributed by atoms with E-state index in [-0.39, 0.29) is 11.9 Å². The van der Waals surface area contributed by atoms with Crippen molar-refractivity contribution in [2.75, 3.05) is 0 Å². The fourth-order valence-corrected chi connectivity index (χ4v) is 3.49. The second-order valence-electron chi connectivity index (χ2n) is 6.23. The summed E-state index contributed by atoms with van der Waals surface area (Å²) in [6.45, 7) is 2.79. The van der Waals surface area contributed by atoms with Crippen LogP contribution >= 0.6 is 0 Å². The number of hydrogen-bond acceptors (Lipinski definition) is 3. The number of amides is 1. The fourth-order valence-electron chi connectivity index (χ4n) is 3.49. The molecule has 0 radical (unpaired) electrons. The molecule has 1 heterocycles. The van der Waals surface area contributed by atoms with E-state index in [4.69, 9.17) is 0 Å². The van der Waals surface area contributed by atoms with Crippen LogP contribution in [0, 0.1) is 0 Å². The zero-order chi connectivity index (χ0) is 16.5. The van der Waals surface area contributed by atoms with Gasteiger partial charge in [0.2, 0.25) is 0 Å². The molecular weight excluding hydrogens is 300 g/mol. The Morgan fingerprint density at radius 1 is 1.29 bits per heavy atom. The van der Waals surface area contributed by atoms with Gasteiger partial charge in [0.15, 0.2) is 0 Å². The summed E-state index contributed by atoms with van der Waals surface area (Å²) >= 11 is 0. The van der Waals surface area contributed by atoms with Crippen molar-refractivity contribution in [1.82, 2.24) is 20.3 Å². The Hall–Kier alpha value is -2.69. The van der Waals surface area contributed by atoms with Gasteiger partial charge in [0.25, 0.3) is 5.91 Å². The van der Waals surface area contributed by atoms with Crippen LogP contribution in [-0.4, -0.2) is 20.9 Å². The Bertz CT molecular complexity index is 899. The van der Waals surface area contributed by atoms with Crippen molar-refractivity contribution in [3.63, 3.8) is 0 Å². The molecule has 4 rings (SSSR count). The Morgan fingerprint density at radius 2 is 2.17 bits per heavy atom. The molecule has 1 aromatic heterocycles. The molecule has 24 heavy (non-hydrogen) atoms. The molecule has 5 nitrogen and oxygen atoms in total. The minimum atomic E-state index is -0.0512. The van der Waals surface area contributed by atoms with Crippen LogP contribution in [0.4, 0.5) is 0 Å². The summed E-state index contributed by atoms with van der Waals surface area (Å²) in [7, 11) is 0. The number of nitrogens with zero attached hydrogens (tertiary/aromatic N) is 3. The average Bonchev–Trinajstić information content (AvgIpc) is 3.04. The summed E-state index contributed by atoms with van der Waals surface area (Å²) in [5.74, 6) is -0.0512. The van der Waals surface area contributed by atoms with E-state index in [0.29, 0.717) is 5.56 Å². The molecule has 0 unspecified atom stereocenters. The fraction of sp³-hybridized carbons (Fsp3) is 0.316. The van der Waals surface area contributed by atoms with Crippen LogP contribution in [0.15, 0.2) is 42.5 Å². The van der Waals surface area contributed by atoms with Crippen molar-refractivity contribution >= 4 is 16.9 Å². The van der Waals surface area contributed by atoms with Crippen molar-refractivity contribution in [2.24, 2.45) is 0 Å². The lowest BCUT2D eigenvalue weighted by atomic mass is 9.87. The predicted molar refractivity (Wildman–Crippen MR) is 92.8 cm³/mol. The van der Waals surface area contributed by atoms with E-state index in [0.717, 1.165) is 36.8 Å². The summed E-state index contributed by atoms with van der Waals surface area (Å²) in [6, 6.07) is 14.1. The molecule has 1 atom stereocenters. The first-order valence-corrected chi connectivity index (χ1v) is 8.48. The summed E-state index contributed by atoms with van der Waals surface area (Å²) in [5.41, 5.74) is 4.94. The van der Waals surface area contributed by atoms with E-state index >= 15 is 0 Å². The number of hydrogen-bond donors (Lipinski definition) is 1. The van der Waals surface area contributed by atoms with E-state index in [1.54, 1.807) is 0 Å². The number of carbonyl (C=O) groups is 1. The van der Waals surface area contributed by atoms with Crippen molar-refractivity contribution in [1.29, 1.82) is 0 Å². The van der Waals surface area contributed by atoms with Crippen LogP contribution in [0.3, 0.4) is 0 Å². The standard InChI is InChI=1S/C19H20N4O/c1-2-23-18-11-10-14(12-17(18)21-22-23)19(24)20-16-9-5-7-13-6-3-4-8-15(13)16/h3-4,6,8,10-12,16H,2,5,7,9H2,1H3,(H,20,24)/t16-/m0/s1. The molecule has 1 aliphatic carbocycles. The molecule has 0 bridgehead atoms. The topological polar surface area (TPSA) is 59.8 Å². The SMILES string of the molecule is CCn1nnc2cc(C(=O)N[C@H]3CCCc4ccccc43)ccc21. The lowest BCUT2D eigenvalue weighted by Crippen LogP contribution is -2.30. The molecule has 1 N–H and O–H groups in total. The maximum Gasteiger partial charge on any atom is 0.251 e. The number of fused-ring (bicyclic) bond motifs is 2. The van der Waals surface area contributed by atoms with Crippen LogP contribution in [0.1, 0.15) is 47.3 Å².